The number of ether oxygens (including phenoxy) is 2. The highest BCUT2D eigenvalue weighted by Crippen LogP contribution is 2.29. The van der Waals surface area contributed by atoms with Crippen LogP contribution in [0.25, 0.3) is 0 Å². The fraction of sp³-hybridized carbons (Fsp3) is 0.300. The molecule has 1 heterocycles. The topological polar surface area (TPSA) is 76.7 Å². The van der Waals surface area contributed by atoms with Gasteiger partial charge in [-0.2, -0.15) is 0 Å². The molecular formula is C20H21ClN2O4. The van der Waals surface area contributed by atoms with E-state index in [9.17, 15) is 9.59 Å². The van der Waals surface area contributed by atoms with Gasteiger partial charge in [-0.05, 0) is 54.3 Å². The van der Waals surface area contributed by atoms with Gasteiger partial charge in [-0.25, -0.2) is 0 Å². The van der Waals surface area contributed by atoms with E-state index < -0.39 is 11.8 Å². The van der Waals surface area contributed by atoms with Crippen LogP contribution in [-0.2, 0) is 22.4 Å². The highest BCUT2D eigenvalue weighted by Gasteiger charge is 2.26. The molecule has 1 atom stereocenters. The first-order chi connectivity index (χ1) is 13.0. The largest absolute Gasteiger partial charge is 0.492 e. The first-order valence-corrected chi connectivity index (χ1v) is 9.14. The number of nitrogens with one attached hydrogen (secondary N) is 2. The summed E-state index contributed by atoms with van der Waals surface area (Å²) in [5.74, 6) is 0.168. The molecule has 0 unspecified atom stereocenters. The van der Waals surface area contributed by atoms with E-state index in [1.54, 1.807) is 18.2 Å². The van der Waals surface area contributed by atoms with Crippen molar-refractivity contribution >= 4 is 23.4 Å². The number of benzene rings is 2. The van der Waals surface area contributed by atoms with Gasteiger partial charge in [-0.3, -0.25) is 20.4 Å². The fourth-order valence-corrected chi connectivity index (χ4v) is 2.97. The van der Waals surface area contributed by atoms with Crippen molar-refractivity contribution < 1.29 is 19.1 Å². The molecule has 0 aliphatic carbocycles. The zero-order chi connectivity index (χ0) is 19.2. The minimum atomic E-state index is -0.442. The molecule has 0 fully saturated rings. The lowest BCUT2D eigenvalue weighted by Crippen LogP contribution is -2.48. The average Bonchev–Trinajstić information content (AvgIpc) is 2.70. The van der Waals surface area contributed by atoms with Gasteiger partial charge in [-0.1, -0.05) is 30.7 Å². The highest BCUT2D eigenvalue weighted by molar-refractivity contribution is 6.30. The molecule has 0 saturated heterocycles. The molecule has 2 aromatic carbocycles. The molecule has 0 bridgehead atoms. The molecule has 6 nitrogen and oxygen atoms in total. The summed E-state index contributed by atoms with van der Waals surface area (Å²) in [6.07, 6.45) is 1.44. The third-order valence-corrected chi connectivity index (χ3v) is 4.56. The predicted octanol–water partition coefficient (Wildman–Crippen LogP) is 2.68. The van der Waals surface area contributed by atoms with Crippen LogP contribution in [-0.4, -0.2) is 25.0 Å². The maximum Gasteiger partial charge on any atom is 0.276 e. The lowest BCUT2D eigenvalue weighted by molar-refractivity contribution is -0.132. The van der Waals surface area contributed by atoms with E-state index in [1.807, 2.05) is 24.3 Å². The summed E-state index contributed by atoms with van der Waals surface area (Å²) in [7, 11) is 0. The third-order valence-electron chi connectivity index (χ3n) is 4.33. The Balaban J connectivity index is 1.44. The van der Waals surface area contributed by atoms with Gasteiger partial charge in [-0.15, -0.1) is 0 Å². The summed E-state index contributed by atoms with van der Waals surface area (Å²) in [6, 6.07) is 12.8. The predicted molar refractivity (Wildman–Crippen MR) is 102 cm³/mol. The number of amides is 2. The van der Waals surface area contributed by atoms with Gasteiger partial charge in [0.2, 0.25) is 5.91 Å². The van der Waals surface area contributed by atoms with Crippen LogP contribution in [0.15, 0.2) is 42.5 Å². The monoisotopic (exact) mass is 388 g/mol. The van der Waals surface area contributed by atoms with Crippen LogP contribution < -0.4 is 20.3 Å². The molecule has 2 amide bonds. The molecule has 1 aliphatic rings. The summed E-state index contributed by atoms with van der Waals surface area (Å²) < 4.78 is 11.0. The number of carbonyl (C=O) groups is 2. The molecule has 7 heteroatoms. The van der Waals surface area contributed by atoms with Crippen molar-refractivity contribution in [1.29, 1.82) is 0 Å². The Morgan fingerprint density at radius 2 is 1.96 bits per heavy atom. The molecule has 142 valence electrons. The van der Waals surface area contributed by atoms with Crippen molar-refractivity contribution in [2.24, 2.45) is 5.92 Å². The van der Waals surface area contributed by atoms with Crippen LogP contribution in [0.1, 0.15) is 18.1 Å². The Bertz CT molecular complexity index is 823. The lowest BCUT2D eigenvalue weighted by atomic mass is 9.96. The highest BCUT2D eigenvalue weighted by atomic mass is 35.5. The molecule has 3 rings (SSSR count). The molecule has 2 aromatic rings. The maximum absolute atomic E-state index is 12.3. The Morgan fingerprint density at radius 3 is 2.70 bits per heavy atom. The van der Waals surface area contributed by atoms with E-state index in [-0.39, 0.29) is 19.1 Å². The van der Waals surface area contributed by atoms with Gasteiger partial charge in [0.15, 0.2) is 6.61 Å². The first kappa shape index (κ1) is 19.0. The van der Waals surface area contributed by atoms with Gasteiger partial charge in [0.25, 0.3) is 5.91 Å². The molecule has 0 saturated carbocycles. The zero-order valence-electron chi connectivity index (χ0n) is 15.0. The summed E-state index contributed by atoms with van der Waals surface area (Å²) >= 11 is 5.98. The summed E-state index contributed by atoms with van der Waals surface area (Å²) in [6.45, 7) is 2.12. The molecule has 0 aromatic heterocycles. The Kier molecular flexibility index (Phi) is 6.19. The Hall–Kier alpha value is -2.73. The van der Waals surface area contributed by atoms with Crippen LogP contribution >= 0.6 is 11.6 Å². The SMILES string of the molecule is CCc1ccc(OCC(=O)NNC(=O)[C@@H]2COc3ccc(Cl)cc3C2)cc1. The van der Waals surface area contributed by atoms with Crippen molar-refractivity contribution in [2.75, 3.05) is 13.2 Å². The molecular weight excluding hydrogens is 368 g/mol. The molecule has 27 heavy (non-hydrogen) atoms. The van der Waals surface area contributed by atoms with E-state index in [4.69, 9.17) is 21.1 Å². The third kappa shape index (κ3) is 5.14. The van der Waals surface area contributed by atoms with Crippen LogP contribution in [0, 0.1) is 5.92 Å². The zero-order valence-corrected chi connectivity index (χ0v) is 15.7. The van der Waals surface area contributed by atoms with Gasteiger partial charge < -0.3 is 9.47 Å². The van der Waals surface area contributed by atoms with Crippen molar-refractivity contribution in [3.05, 3.63) is 58.6 Å². The number of halogens is 1. The van der Waals surface area contributed by atoms with E-state index in [2.05, 4.69) is 17.8 Å². The first-order valence-electron chi connectivity index (χ1n) is 8.77. The minimum Gasteiger partial charge on any atom is -0.492 e. The van der Waals surface area contributed by atoms with E-state index in [0.717, 1.165) is 17.7 Å². The quantitative estimate of drug-likeness (QED) is 0.772. The van der Waals surface area contributed by atoms with Crippen LogP contribution in [0.4, 0.5) is 0 Å². The lowest BCUT2D eigenvalue weighted by Gasteiger charge is -2.24. The Morgan fingerprint density at radius 1 is 1.19 bits per heavy atom. The van der Waals surface area contributed by atoms with Gasteiger partial charge in [0, 0.05) is 5.02 Å². The number of carbonyl (C=O) groups excluding carboxylic acids is 2. The molecule has 2 N–H and O–H groups in total. The van der Waals surface area contributed by atoms with Gasteiger partial charge in [0.1, 0.15) is 18.1 Å². The summed E-state index contributed by atoms with van der Waals surface area (Å²) in [4.78, 5) is 24.1. The molecule has 1 aliphatic heterocycles. The summed E-state index contributed by atoms with van der Waals surface area (Å²) in [5, 5.41) is 0.593. The number of hydrogen-bond donors (Lipinski definition) is 2. The summed E-state index contributed by atoms with van der Waals surface area (Å²) in [5.41, 5.74) is 6.85. The van der Waals surface area contributed by atoms with E-state index in [1.165, 1.54) is 5.56 Å². The number of fused-ring (bicyclic) bond motifs is 1. The maximum atomic E-state index is 12.3. The second kappa shape index (κ2) is 8.77. The smallest absolute Gasteiger partial charge is 0.276 e. The van der Waals surface area contributed by atoms with Crippen molar-refractivity contribution in [3.63, 3.8) is 0 Å². The van der Waals surface area contributed by atoms with Crippen molar-refractivity contribution in [1.82, 2.24) is 10.9 Å². The van der Waals surface area contributed by atoms with Gasteiger partial charge in [0.05, 0.1) is 5.92 Å². The van der Waals surface area contributed by atoms with Gasteiger partial charge >= 0.3 is 0 Å². The number of hydrogen-bond acceptors (Lipinski definition) is 4. The second-order valence-electron chi connectivity index (χ2n) is 6.29. The van der Waals surface area contributed by atoms with Crippen LogP contribution in [0.2, 0.25) is 5.02 Å². The normalized spacial score (nSPS) is 15.3. The minimum absolute atomic E-state index is 0.189. The van der Waals surface area contributed by atoms with E-state index >= 15 is 0 Å². The fourth-order valence-electron chi connectivity index (χ4n) is 2.77. The van der Waals surface area contributed by atoms with Crippen molar-refractivity contribution in [3.8, 4) is 11.5 Å². The number of rotatable bonds is 5. The standard InChI is InChI=1S/C20H21ClN2O4/c1-2-13-3-6-17(7-4-13)26-12-19(24)22-23-20(25)15-9-14-10-16(21)5-8-18(14)27-11-15/h3-8,10,15H,2,9,11-12H2,1H3,(H,22,24)(H,23,25)/t15-/m0/s1. The van der Waals surface area contributed by atoms with Crippen LogP contribution in [0.5, 0.6) is 11.5 Å². The molecule has 0 spiro atoms. The van der Waals surface area contributed by atoms with E-state index in [0.29, 0.717) is 17.2 Å². The Labute approximate surface area is 162 Å². The second-order valence-corrected chi connectivity index (χ2v) is 6.72. The average molecular weight is 389 g/mol. The number of hydrazine groups is 1. The van der Waals surface area contributed by atoms with Crippen molar-refractivity contribution in [2.45, 2.75) is 19.8 Å². The number of aryl methyl sites for hydroxylation is 1. The van der Waals surface area contributed by atoms with Crippen LogP contribution in [0.3, 0.4) is 0 Å². The molecule has 0 radical (unpaired) electrons.